The zero-order chi connectivity index (χ0) is 19.5. The molecule has 2 rings (SSSR count). The molecular weight excluding hydrogens is 469 g/mol. The Bertz CT molecular complexity index is 645. The van der Waals surface area contributed by atoms with Crippen molar-refractivity contribution in [3.63, 3.8) is 0 Å². The zero-order valence-electron chi connectivity index (χ0n) is 16.8. The van der Waals surface area contributed by atoms with E-state index >= 15 is 0 Å². The minimum Gasteiger partial charge on any atom is -0.489 e. The van der Waals surface area contributed by atoms with Gasteiger partial charge in [-0.2, -0.15) is 0 Å². The van der Waals surface area contributed by atoms with Gasteiger partial charge in [0.2, 0.25) is 5.91 Å². The smallest absolute Gasteiger partial charge is 0.219 e. The molecule has 0 radical (unpaired) electrons. The van der Waals surface area contributed by atoms with Gasteiger partial charge in [0.1, 0.15) is 12.4 Å². The molecule has 0 atom stereocenters. The average Bonchev–Trinajstić information content (AvgIpc) is 2.70. The van der Waals surface area contributed by atoms with Crippen LogP contribution in [0, 0.1) is 0 Å². The first kappa shape index (κ1) is 24.2. The Hall–Kier alpha value is -1.81. The average molecular weight is 501 g/mol. The van der Waals surface area contributed by atoms with Crippen LogP contribution in [0.3, 0.4) is 0 Å². The van der Waals surface area contributed by atoms with E-state index in [1.807, 2.05) is 29.2 Å². The lowest BCUT2D eigenvalue weighted by atomic mass is 10.2. The number of carbonyl (C=O) groups excluding carboxylic acids is 1. The van der Waals surface area contributed by atoms with Crippen LogP contribution in [-0.2, 0) is 11.3 Å². The fourth-order valence-corrected chi connectivity index (χ4v) is 2.96. The summed E-state index contributed by atoms with van der Waals surface area (Å²) in [5, 5.41) is 6.67. The maximum atomic E-state index is 11.4. The first-order valence-electron chi connectivity index (χ1n) is 9.38. The first-order valence-corrected chi connectivity index (χ1v) is 9.38. The van der Waals surface area contributed by atoms with Crippen LogP contribution < -0.4 is 15.4 Å². The lowest BCUT2D eigenvalue weighted by molar-refractivity contribution is -0.130. The number of aliphatic imine (C=N–C) groups is 1. The van der Waals surface area contributed by atoms with Gasteiger partial charge in [-0.25, -0.2) is 0 Å². The van der Waals surface area contributed by atoms with Crippen LogP contribution in [0.4, 0.5) is 0 Å². The number of hydrogen-bond acceptors (Lipinski definition) is 4. The van der Waals surface area contributed by atoms with E-state index in [-0.39, 0.29) is 29.9 Å². The fraction of sp³-hybridized carbons (Fsp3) is 0.500. The number of nitrogens with one attached hydrogen (secondary N) is 2. The van der Waals surface area contributed by atoms with Crippen molar-refractivity contribution < 1.29 is 9.53 Å². The van der Waals surface area contributed by atoms with Crippen LogP contribution in [0.25, 0.3) is 0 Å². The summed E-state index contributed by atoms with van der Waals surface area (Å²) < 4.78 is 5.69. The van der Waals surface area contributed by atoms with Gasteiger partial charge in [0, 0.05) is 65.3 Å². The number of piperazine rings is 1. The Morgan fingerprint density at radius 3 is 2.61 bits per heavy atom. The highest BCUT2D eigenvalue weighted by atomic mass is 127. The van der Waals surface area contributed by atoms with E-state index in [4.69, 9.17) is 4.74 Å². The van der Waals surface area contributed by atoms with Crippen molar-refractivity contribution in [2.24, 2.45) is 4.99 Å². The zero-order valence-corrected chi connectivity index (χ0v) is 19.1. The number of guanidine groups is 1. The molecule has 1 aliphatic rings. The number of amides is 1. The molecule has 1 fully saturated rings. The van der Waals surface area contributed by atoms with Crippen molar-refractivity contribution in [2.45, 2.75) is 13.5 Å². The summed E-state index contributed by atoms with van der Waals surface area (Å²) in [6, 6.07) is 7.94. The Morgan fingerprint density at radius 2 is 1.96 bits per heavy atom. The summed E-state index contributed by atoms with van der Waals surface area (Å²) >= 11 is 0. The molecule has 2 N–H and O–H groups in total. The Balaban J connectivity index is 0.00000392. The molecule has 8 heteroatoms. The van der Waals surface area contributed by atoms with Crippen molar-refractivity contribution in [2.75, 3.05) is 52.9 Å². The molecule has 0 bridgehead atoms. The predicted molar refractivity (Wildman–Crippen MR) is 124 cm³/mol. The number of rotatable bonds is 8. The fourth-order valence-electron chi connectivity index (χ4n) is 2.96. The minimum atomic E-state index is 0. The van der Waals surface area contributed by atoms with Crippen molar-refractivity contribution in [3.05, 3.63) is 42.5 Å². The maximum absolute atomic E-state index is 11.4. The molecule has 7 nitrogen and oxygen atoms in total. The number of halogens is 1. The highest BCUT2D eigenvalue weighted by molar-refractivity contribution is 14.0. The number of nitrogens with zero attached hydrogens (tertiary/aromatic N) is 3. The van der Waals surface area contributed by atoms with Crippen molar-refractivity contribution in [3.8, 4) is 5.75 Å². The molecule has 1 aliphatic heterocycles. The number of benzene rings is 1. The normalized spacial score (nSPS) is 14.8. The molecule has 1 aromatic rings. The SMILES string of the molecule is C=CCOc1ccccc1CNC(=NC)NCCN1CCN(C(C)=O)CC1.I. The van der Waals surface area contributed by atoms with Gasteiger partial charge in [-0.1, -0.05) is 30.9 Å². The molecule has 0 saturated carbocycles. The molecule has 1 aromatic carbocycles. The Morgan fingerprint density at radius 1 is 1.25 bits per heavy atom. The third-order valence-electron chi connectivity index (χ3n) is 4.54. The summed E-state index contributed by atoms with van der Waals surface area (Å²) in [7, 11) is 1.76. The van der Waals surface area contributed by atoms with Gasteiger partial charge in [0.05, 0.1) is 0 Å². The standard InChI is InChI=1S/C20H31N5O2.HI/c1-4-15-27-19-8-6-5-7-18(19)16-23-20(21-3)22-9-10-24-11-13-25(14-12-24)17(2)26;/h4-8H,1,9-16H2,2-3H3,(H2,21,22,23);1H. The van der Waals surface area contributed by atoms with E-state index < -0.39 is 0 Å². The first-order chi connectivity index (χ1) is 13.1. The molecule has 156 valence electrons. The Labute approximate surface area is 185 Å². The molecule has 0 unspecified atom stereocenters. The van der Waals surface area contributed by atoms with Gasteiger partial charge in [-0.15, -0.1) is 24.0 Å². The van der Waals surface area contributed by atoms with Gasteiger partial charge in [-0.05, 0) is 6.07 Å². The topological polar surface area (TPSA) is 69.2 Å². The second kappa shape index (κ2) is 13.4. The molecule has 1 amide bonds. The summed E-state index contributed by atoms with van der Waals surface area (Å²) in [4.78, 5) is 19.9. The third kappa shape index (κ3) is 8.05. The maximum Gasteiger partial charge on any atom is 0.219 e. The second-order valence-corrected chi connectivity index (χ2v) is 6.41. The Kier molecular flexibility index (Phi) is 11.6. The van der Waals surface area contributed by atoms with Crippen LogP contribution in [0.1, 0.15) is 12.5 Å². The number of para-hydroxylation sites is 1. The summed E-state index contributed by atoms with van der Waals surface area (Å²) in [5.74, 6) is 1.77. The summed E-state index contributed by atoms with van der Waals surface area (Å²) in [5.41, 5.74) is 1.07. The predicted octanol–water partition coefficient (Wildman–Crippen LogP) is 1.70. The minimum absolute atomic E-state index is 0. The molecule has 0 aromatic heterocycles. The lowest BCUT2D eigenvalue weighted by Gasteiger charge is -2.34. The molecule has 0 spiro atoms. The largest absolute Gasteiger partial charge is 0.489 e. The van der Waals surface area contributed by atoms with Gasteiger partial charge in [0.25, 0.3) is 0 Å². The van der Waals surface area contributed by atoms with Crippen LogP contribution in [0.15, 0.2) is 41.9 Å². The molecule has 0 aliphatic carbocycles. The van der Waals surface area contributed by atoms with Crippen LogP contribution in [0.2, 0.25) is 0 Å². The lowest BCUT2D eigenvalue weighted by Crippen LogP contribution is -2.50. The molecule has 1 heterocycles. The summed E-state index contributed by atoms with van der Waals surface area (Å²) in [6.45, 7) is 11.6. The van der Waals surface area contributed by atoms with Gasteiger partial charge in [-0.3, -0.25) is 14.7 Å². The highest BCUT2D eigenvalue weighted by Gasteiger charge is 2.17. The van der Waals surface area contributed by atoms with Crippen molar-refractivity contribution >= 4 is 35.8 Å². The van der Waals surface area contributed by atoms with E-state index in [1.165, 1.54) is 0 Å². The summed E-state index contributed by atoms with van der Waals surface area (Å²) in [6.07, 6.45) is 1.74. The van der Waals surface area contributed by atoms with Crippen LogP contribution in [-0.4, -0.2) is 74.6 Å². The van der Waals surface area contributed by atoms with Crippen molar-refractivity contribution in [1.82, 2.24) is 20.4 Å². The molecular formula is C20H32IN5O2. The third-order valence-corrected chi connectivity index (χ3v) is 4.54. The van der Waals surface area contributed by atoms with Crippen molar-refractivity contribution in [1.29, 1.82) is 0 Å². The highest BCUT2D eigenvalue weighted by Crippen LogP contribution is 2.17. The molecule has 28 heavy (non-hydrogen) atoms. The van der Waals surface area contributed by atoms with Gasteiger partial charge >= 0.3 is 0 Å². The van der Waals surface area contributed by atoms with Gasteiger partial charge in [0.15, 0.2) is 5.96 Å². The van der Waals surface area contributed by atoms with E-state index in [0.717, 1.165) is 56.5 Å². The quantitative estimate of drug-likeness (QED) is 0.246. The van der Waals surface area contributed by atoms with Crippen LogP contribution >= 0.6 is 24.0 Å². The van der Waals surface area contributed by atoms with E-state index in [1.54, 1.807) is 20.0 Å². The van der Waals surface area contributed by atoms with E-state index in [9.17, 15) is 4.79 Å². The van der Waals surface area contributed by atoms with Crippen LogP contribution in [0.5, 0.6) is 5.75 Å². The number of ether oxygens (including phenoxy) is 1. The van der Waals surface area contributed by atoms with Gasteiger partial charge < -0.3 is 20.3 Å². The van der Waals surface area contributed by atoms with E-state index in [0.29, 0.717) is 13.2 Å². The number of hydrogen-bond donors (Lipinski definition) is 2. The van der Waals surface area contributed by atoms with E-state index in [2.05, 4.69) is 27.1 Å². The molecule has 1 saturated heterocycles. The monoisotopic (exact) mass is 501 g/mol. The second-order valence-electron chi connectivity index (χ2n) is 6.41. The number of carbonyl (C=O) groups is 1.